The van der Waals surface area contributed by atoms with Gasteiger partial charge in [-0.05, 0) is 31.2 Å². The van der Waals surface area contributed by atoms with Crippen LogP contribution in [0.5, 0.6) is 0 Å². The van der Waals surface area contributed by atoms with Crippen LogP contribution in [0.4, 0.5) is 0 Å². The lowest BCUT2D eigenvalue weighted by molar-refractivity contribution is -0.124. The minimum atomic E-state index is -0.510. The van der Waals surface area contributed by atoms with Gasteiger partial charge in [0.2, 0.25) is 5.91 Å². The molecule has 1 aliphatic carbocycles. The Kier molecular flexibility index (Phi) is 5.56. The number of hydrogen-bond donors (Lipinski definition) is 3. The zero-order valence-electron chi connectivity index (χ0n) is 11.8. The zero-order chi connectivity index (χ0) is 14.4. The van der Waals surface area contributed by atoms with E-state index >= 15 is 0 Å². The van der Waals surface area contributed by atoms with E-state index in [0.717, 1.165) is 32.1 Å². The Labute approximate surface area is 120 Å². The first-order valence-electron chi connectivity index (χ1n) is 7.45. The molecule has 0 aromatic heterocycles. The summed E-state index contributed by atoms with van der Waals surface area (Å²) in [5, 5.41) is 12.7. The van der Waals surface area contributed by atoms with Crippen molar-refractivity contribution >= 4 is 5.91 Å². The average molecular weight is 276 g/mol. The van der Waals surface area contributed by atoms with Gasteiger partial charge in [-0.15, -0.1) is 0 Å². The summed E-state index contributed by atoms with van der Waals surface area (Å²) in [7, 11) is 0. The summed E-state index contributed by atoms with van der Waals surface area (Å²) < 4.78 is 0. The number of carbonyl (C=O) groups is 1. The van der Waals surface area contributed by atoms with Crippen LogP contribution in [-0.4, -0.2) is 29.2 Å². The highest BCUT2D eigenvalue weighted by Gasteiger charge is 2.26. The van der Waals surface area contributed by atoms with Crippen LogP contribution in [0.2, 0.25) is 0 Å². The van der Waals surface area contributed by atoms with Crippen molar-refractivity contribution in [2.45, 2.75) is 56.7 Å². The third kappa shape index (κ3) is 4.32. The largest absolute Gasteiger partial charge is 0.391 e. The van der Waals surface area contributed by atoms with Crippen molar-refractivity contribution in [2.24, 2.45) is 5.73 Å². The van der Waals surface area contributed by atoms with E-state index in [1.165, 1.54) is 5.56 Å². The molecule has 1 fully saturated rings. The Morgan fingerprint density at radius 1 is 1.30 bits per heavy atom. The summed E-state index contributed by atoms with van der Waals surface area (Å²) in [5.74, 6) is -0.146. The molecule has 1 aliphatic rings. The van der Waals surface area contributed by atoms with Gasteiger partial charge in [0, 0.05) is 0 Å². The standard InChI is InChI=1S/C16H24N2O2/c17-13(11-10-12-6-2-1-3-7-12)16(20)18-14-8-4-5-9-15(14)19/h1-3,6-7,13-15,19H,4-5,8-11,17H2,(H,18,20)/t13?,14-,15-/m1/s1. The molecule has 1 aromatic rings. The second-order valence-electron chi connectivity index (χ2n) is 5.60. The van der Waals surface area contributed by atoms with E-state index in [9.17, 15) is 9.90 Å². The van der Waals surface area contributed by atoms with Crippen molar-refractivity contribution in [1.29, 1.82) is 0 Å². The van der Waals surface area contributed by atoms with Gasteiger partial charge in [-0.1, -0.05) is 43.2 Å². The molecule has 4 nitrogen and oxygen atoms in total. The summed E-state index contributed by atoms with van der Waals surface area (Å²) in [4.78, 5) is 12.0. The molecule has 3 atom stereocenters. The van der Waals surface area contributed by atoms with Crippen LogP contribution in [0, 0.1) is 0 Å². The highest BCUT2D eigenvalue weighted by atomic mass is 16.3. The van der Waals surface area contributed by atoms with E-state index in [1.807, 2.05) is 30.3 Å². The molecular formula is C16H24N2O2. The number of rotatable bonds is 5. The van der Waals surface area contributed by atoms with Crippen molar-refractivity contribution in [3.8, 4) is 0 Å². The number of amides is 1. The number of aryl methyl sites for hydroxylation is 1. The molecule has 0 spiro atoms. The topological polar surface area (TPSA) is 75.4 Å². The van der Waals surface area contributed by atoms with Crippen molar-refractivity contribution in [3.05, 3.63) is 35.9 Å². The Bertz CT molecular complexity index is 422. The maximum Gasteiger partial charge on any atom is 0.237 e. The SMILES string of the molecule is NC(CCc1ccccc1)C(=O)N[C@@H]1CCCC[C@H]1O. The van der Waals surface area contributed by atoms with Crippen LogP contribution in [0.3, 0.4) is 0 Å². The van der Waals surface area contributed by atoms with E-state index in [-0.39, 0.29) is 11.9 Å². The summed E-state index contributed by atoms with van der Waals surface area (Å²) in [5.41, 5.74) is 7.12. The third-order valence-corrected chi connectivity index (χ3v) is 3.98. The Morgan fingerprint density at radius 2 is 2.00 bits per heavy atom. The number of nitrogens with one attached hydrogen (secondary N) is 1. The molecule has 1 saturated carbocycles. The van der Waals surface area contributed by atoms with Gasteiger partial charge in [-0.2, -0.15) is 0 Å². The summed E-state index contributed by atoms with van der Waals surface area (Å²) in [6.45, 7) is 0. The molecule has 0 saturated heterocycles. The number of carbonyl (C=O) groups excluding carboxylic acids is 1. The Balaban J connectivity index is 1.77. The smallest absolute Gasteiger partial charge is 0.237 e. The van der Waals surface area contributed by atoms with Gasteiger partial charge >= 0.3 is 0 Å². The quantitative estimate of drug-likeness (QED) is 0.760. The number of aliphatic hydroxyl groups excluding tert-OH is 1. The second-order valence-corrected chi connectivity index (χ2v) is 5.60. The maximum atomic E-state index is 12.0. The van der Waals surface area contributed by atoms with Gasteiger partial charge in [0.25, 0.3) is 0 Å². The van der Waals surface area contributed by atoms with Crippen LogP contribution in [0.1, 0.15) is 37.7 Å². The van der Waals surface area contributed by atoms with E-state index < -0.39 is 12.1 Å². The minimum absolute atomic E-state index is 0.126. The minimum Gasteiger partial charge on any atom is -0.391 e. The monoisotopic (exact) mass is 276 g/mol. The van der Waals surface area contributed by atoms with Crippen molar-refractivity contribution in [1.82, 2.24) is 5.32 Å². The van der Waals surface area contributed by atoms with E-state index in [1.54, 1.807) is 0 Å². The fourth-order valence-electron chi connectivity index (χ4n) is 2.67. The Morgan fingerprint density at radius 3 is 2.70 bits per heavy atom. The molecule has 1 amide bonds. The van der Waals surface area contributed by atoms with Gasteiger partial charge in [0.15, 0.2) is 0 Å². The van der Waals surface area contributed by atoms with Crippen molar-refractivity contribution in [2.75, 3.05) is 0 Å². The van der Waals surface area contributed by atoms with Gasteiger partial charge in [-0.3, -0.25) is 4.79 Å². The summed E-state index contributed by atoms with van der Waals surface area (Å²) in [6.07, 6.45) is 4.70. The summed E-state index contributed by atoms with van der Waals surface area (Å²) in [6, 6.07) is 9.38. The molecule has 0 radical (unpaired) electrons. The third-order valence-electron chi connectivity index (χ3n) is 3.98. The van der Waals surface area contributed by atoms with Gasteiger partial charge in [0.05, 0.1) is 18.2 Å². The predicted molar refractivity (Wildman–Crippen MR) is 79.1 cm³/mol. The number of hydrogen-bond acceptors (Lipinski definition) is 3. The van der Waals surface area contributed by atoms with Crippen LogP contribution >= 0.6 is 0 Å². The predicted octanol–water partition coefficient (Wildman–Crippen LogP) is 1.37. The first-order chi connectivity index (χ1) is 9.66. The molecule has 110 valence electrons. The number of aliphatic hydroxyl groups is 1. The van der Waals surface area contributed by atoms with Crippen LogP contribution in [0.25, 0.3) is 0 Å². The molecule has 4 N–H and O–H groups in total. The zero-order valence-corrected chi connectivity index (χ0v) is 11.8. The number of nitrogens with two attached hydrogens (primary N) is 1. The van der Waals surface area contributed by atoms with Crippen LogP contribution in [0.15, 0.2) is 30.3 Å². The Hall–Kier alpha value is -1.39. The first kappa shape index (κ1) is 15.0. The molecule has 0 heterocycles. The van der Waals surface area contributed by atoms with Crippen LogP contribution < -0.4 is 11.1 Å². The molecular weight excluding hydrogens is 252 g/mol. The highest BCUT2D eigenvalue weighted by Crippen LogP contribution is 2.18. The number of benzene rings is 1. The summed E-state index contributed by atoms with van der Waals surface area (Å²) >= 11 is 0. The molecule has 1 aromatic carbocycles. The molecule has 4 heteroatoms. The molecule has 2 rings (SSSR count). The van der Waals surface area contributed by atoms with Gasteiger partial charge in [0.1, 0.15) is 0 Å². The molecule has 0 bridgehead atoms. The van der Waals surface area contributed by atoms with Crippen molar-refractivity contribution < 1.29 is 9.90 Å². The lowest BCUT2D eigenvalue weighted by atomic mass is 9.92. The van der Waals surface area contributed by atoms with Crippen LogP contribution in [-0.2, 0) is 11.2 Å². The first-order valence-corrected chi connectivity index (χ1v) is 7.45. The molecule has 20 heavy (non-hydrogen) atoms. The average Bonchev–Trinajstić information content (AvgIpc) is 2.48. The van der Waals surface area contributed by atoms with E-state index in [0.29, 0.717) is 6.42 Å². The molecule has 0 aliphatic heterocycles. The van der Waals surface area contributed by atoms with Gasteiger partial charge in [-0.25, -0.2) is 0 Å². The van der Waals surface area contributed by atoms with E-state index in [4.69, 9.17) is 5.73 Å². The highest BCUT2D eigenvalue weighted by molar-refractivity contribution is 5.81. The van der Waals surface area contributed by atoms with Crippen molar-refractivity contribution in [3.63, 3.8) is 0 Å². The lowest BCUT2D eigenvalue weighted by Crippen LogP contribution is -2.50. The second kappa shape index (κ2) is 7.41. The maximum absolute atomic E-state index is 12.0. The fourth-order valence-corrected chi connectivity index (χ4v) is 2.67. The lowest BCUT2D eigenvalue weighted by Gasteiger charge is -2.29. The fraction of sp³-hybridized carbons (Fsp3) is 0.562. The van der Waals surface area contributed by atoms with Gasteiger partial charge < -0.3 is 16.2 Å². The normalized spacial score (nSPS) is 24.1. The molecule has 1 unspecified atom stereocenters. The van der Waals surface area contributed by atoms with E-state index in [2.05, 4.69) is 5.32 Å².